The number of aliphatic hydroxyl groups excluding tert-OH is 1. The van der Waals surface area contributed by atoms with Crippen molar-refractivity contribution in [2.24, 2.45) is 11.8 Å². The van der Waals surface area contributed by atoms with Gasteiger partial charge in [-0.15, -0.1) is 0 Å². The Labute approximate surface area is 288 Å². The number of anilines is 1. The number of pyridine rings is 1. The molecule has 1 unspecified atom stereocenters. The number of aromatic nitrogens is 1. The van der Waals surface area contributed by atoms with Crippen LogP contribution in [0.1, 0.15) is 80.7 Å². The summed E-state index contributed by atoms with van der Waals surface area (Å²) in [6, 6.07) is 13.9. The third-order valence-electron chi connectivity index (χ3n) is 11.3. The second-order valence-electron chi connectivity index (χ2n) is 14.4. The second kappa shape index (κ2) is 13.8. The molecule has 0 amide bonds. The smallest absolute Gasteiger partial charge is 0.331 e. The molecule has 0 saturated heterocycles. The van der Waals surface area contributed by atoms with Crippen molar-refractivity contribution in [3.63, 3.8) is 0 Å². The van der Waals surface area contributed by atoms with Crippen LogP contribution in [0.4, 0.5) is 5.69 Å². The maximum absolute atomic E-state index is 13.5. The minimum Gasteiger partial charge on any atom is -0.493 e. The first-order valence-electron chi connectivity index (χ1n) is 17.6. The van der Waals surface area contributed by atoms with E-state index in [0.717, 1.165) is 61.5 Å². The monoisotopic (exact) mass is 674 g/mol. The number of hydrogen-bond donors (Lipinski definition) is 2. The molecule has 1 fully saturated rings. The maximum atomic E-state index is 13.5. The number of benzene rings is 2. The van der Waals surface area contributed by atoms with Gasteiger partial charge in [-0.1, -0.05) is 24.6 Å². The maximum Gasteiger partial charge on any atom is 0.331 e. The third kappa shape index (κ3) is 6.34. The van der Waals surface area contributed by atoms with Crippen LogP contribution in [0, 0.1) is 11.8 Å². The number of hydrogen-bond acceptors (Lipinski definition) is 8. The van der Waals surface area contributed by atoms with E-state index in [1.165, 1.54) is 42.3 Å². The van der Waals surface area contributed by atoms with Gasteiger partial charge >= 0.3 is 5.97 Å². The van der Waals surface area contributed by atoms with Gasteiger partial charge in [-0.05, 0) is 129 Å². The Bertz CT molecular complexity index is 1640. The SMILES string of the molecule is COC(=O)C1(Nc2cccc(Cl)c2)CCC2(CC1)c1cc3c(cc1CC2C[C@@H](C)COc1ccnc2c1CCCC2)O[C@H](CCO)CO3. The van der Waals surface area contributed by atoms with Gasteiger partial charge in [0.05, 0.1) is 13.7 Å². The standard InChI is InChI=1S/C39H47ClN2O6/c1-25(23-46-34-10-16-41-33-9-4-3-8-31(33)34)18-27-19-26-20-36-35(47-24-30(48-36)11-17-43)22-32(26)38(27)12-14-39(15-13-38,37(44)45-2)42-29-7-5-6-28(40)21-29/h5-7,10,16,20-22,25,27,30,42-43H,3-4,8-9,11-15,17-19,23-24H2,1-2H3/t25-,27?,30-,38?,39?/m1/s1. The molecule has 4 aliphatic rings. The fraction of sp³-hybridized carbons (Fsp3) is 0.538. The lowest BCUT2D eigenvalue weighted by Gasteiger charge is -2.48. The largest absolute Gasteiger partial charge is 0.493 e. The number of halogens is 1. The number of rotatable bonds is 10. The van der Waals surface area contributed by atoms with Crippen molar-refractivity contribution in [3.05, 3.63) is 76.1 Å². The average Bonchev–Trinajstić information content (AvgIpc) is 3.37. The predicted molar refractivity (Wildman–Crippen MR) is 185 cm³/mol. The highest BCUT2D eigenvalue weighted by Gasteiger charge is 2.55. The molecule has 1 spiro atoms. The molecule has 2 aromatic carbocycles. The number of esters is 1. The summed E-state index contributed by atoms with van der Waals surface area (Å²) in [4.78, 5) is 18.1. The van der Waals surface area contributed by atoms with E-state index in [9.17, 15) is 9.90 Å². The molecular formula is C39H47ClN2O6. The Morgan fingerprint density at radius 3 is 2.75 bits per heavy atom. The molecule has 2 N–H and O–H groups in total. The molecule has 3 atom stereocenters. The third-order valence-corrected chi connectivity index (χ3v) is 11.5. The quantitative estimate of drug-likeness (QED) is 0.217. The summed E-state index contributed by atoms with van der Waals surface area (Å²) in [6.45, 7) is 3.43. The molecule has 7 rings (SSSR count). The molecule has 1 aliphatic heterocycles. The first-order chi connectivity index (χ1) is 23.3. The van der Waals surface area contributed by atoms with E-state index in [1.807, 2.05) is 36.5 Å². The van der Waals surface area contributed by atoms with Crippen LogP contribution in [0.2, 0.25) is 5.02 Å². The average molecular weight is 675 g/mol. The number of carbonyl (C=O) groups is 1. The van der Waals surface area contributed by atoms with Gasteiger partial charge < -0.3 is 29.4 Å². The summed E-state index contributed by atoms with van der Waals surface area (Å²) >= 11 is 6.32. The molecule has 0 radical (unpaired) electrons. The highest BCUT2D eigenvalue weighted by molar-refractivity contribution is 6.30. The van der Waals surface area contributed by atoms with Gasteiger partial charge in [0, 0.05) is 41.2 Å². The number of nitrogens with zero attached hydrogens (tertiary/aromatic N) is 1. The lowest BCUT2D eigenvalue weighted by atomic mass is 9.59. The summed E-state index contributed by atoms with van der Waals surface area (Å²) in [7, 11) is 1.47. The lowest BCUT2D eigenvalue weighted by molar-refractivity contribution is -0.148. The van der Waals surface area contributed by atoms with E-state index in [-0.39, 0.29) is 24.1 Å². The molecule has 0 bridgehead atoms. The molecule has 256 valence electrons. The summed E-state index contributed by atoms with van der Waals surface area (Å²) in [5.41, 5.74) is 4.91. The van der Waals surface area contributed by atoms with Crippen LogP contribution in [0.3, 0.4) is 0 Å². The summed E-state index contributed by atoms with van der Waals surface area (Å²) < 4.78 is 24.4. The fourth-order valence-electron chi connectivity index (χ4n) is 8.84. The first-order valence-corrected chi connectivity index (χ1v) is 18.0. The number of nitrogens with one attached hydrogen (secondary N) is 1. The second-order valence-corrected chi connectivity index (χ2v) is 14.8. The number of carbonyl (C=O) groups excluding carboxylic acids is 1. The topological polar surface area (TPSA) is 99.1 Å². The fourth-order valence-corrected chi connectivity index (χ4v) is 9.03. The lowest BCUT2D eigenvalue weighted by Crippen LogP contribution is -2.53. The first kappa shape index (κ1) is 33.0. The number of fused-ring (bicyclic) bond motifs is 4. The van der Waals surface area contributed by atoms with Gasteiger partial charge in [0.25, 0.3) is 0 Å². The Balaban J connectivity index is 1.15. The van der Waals surface area contributed by atoms with Gasteiger partial charge in [-0.25, -0.2) is 4.79 Å². The van der Waals surface area contributed by atoms with E-state index >= 15 is 0 Å². The van der Waals surface area contributed by atoms with Crippen LogP contribution in [-0.4, -0.2) is 54.6 Å². The van der Waals surface area contributed by atoms with Gasteiger partial charge in [-0.3, -0.25) is 4.98 Å². The van der Waals surface area contributed by atoms with Crippen LogP contribution in [0.15, 0.2) is 48.7 Å². The zero-order valence-electron chi connectivity index (χ0n) is 28.1. The van der Waals surface area contributed by atoms with Crippen LogP contribution >= 0.6 is 11.6 Å². The predicted octanol–water partition coefficient (Wildman–Crippen LogP) is 7.25. The van der Waals surface area contributed by atoms with Gasteiger partial charge in [-0.2, -0.15) is 0 Å². The van der Waals surface area contributed by atoms with Crippen LogP contribution in [0.25, 0.3) is 0 Å². The van der Waals surface area contributed by atoms with Crippen molar-refractivity contribution in [1.29, 1.82) is 0 Å². The molecule has 1 saturated carbocycles. The van der Waals surface area contributed by atoms with Gasteiger partial charge in [0.15, 0.2) is 11.5 Å². The normalized spacial score (nSPS) is 26.3. The molecule has 48 heavy (non-hydrogen) atoms. The van der Waals surface area contributed by atoms with Crippen LogP contribution < -0.4 is 19.5 Å². The highest BCUT2D eigenvalue weighted by atomic mass is 35.5. The van der Waals surface area contributed by atoms with Crippen molar-refractivity contribution in [1.82, 2.24) is 4.98 Å². The van der Waals surface area contributed by atoms with Crippen molar-refractivity contribution < 1.29 is 28.8 Å². The van der Waals surface area contributed by atoms with Crippen molar-refractivity contribution in [3.8, 4) is 17.2 Å². The Kier molecular flexibility index (Phi) is 9.49. The van der Waals surface area contributed by atoms with Gasteiger partial charge in [0.1, 0.15) is 24.0 Å². The van der Waals surface area contributed by atoms with E-state index in [0.29, 0.717) is 49.3 Å². The van der Waals surface area contributed by atoms with Crippen LogP contribution in [-0.2, 0) is 34.2 Å². The van der Waals surface area contributed by atoms with Gasteiger partial charge in [0.2, 0.25) is 0 Å². The van der Waals surface area contributed by atoms with E-state index in [2.05, 4.69) is 29.4 Å². The van der Waals surface area contributed by atoms with Crippen LogP contribution in [0.5, 0.6) is 17.2 Å². The minimum absolute atomic E-state index is 0.0624. The Hall–Kier alpha value is -3.49. The minimum atomic E-state index is -0.849. The molecular weight excluding hydrogens is 628 g/mol. The zero-order chi connectivity index (χ0) is 33.3. The molecule has 1 aromatic heterocycles. The molecule has 8 nitrogen and oxygen atoms in total. The molecule has 3 aliphatic carbocycles. The van der Waals surface area contributed by atoms with Crippen molar-refractivity contribution in [2.75, 3.05) is 32.2 Å². The summed E-state index contributed by atoms with van der Waals surface area (Å²) in [6.07, 6.45) is 11.5. The van der Waals surface area contributed by atoms with E-state index in [4.69, 9.17) is 30.5 Å². The zero-order valence-corrected chi connectivity index (χ0v) is 28.8. The number of methoxy groups -OCH3 is 1. The molecule has 2 heterocycles. The van der Waals surface area contributed by atoms with E-state index in [1.54, 1.807) is 0 Å². The van der Waals surface area contributed by atoms with E-state index < -0.39 is 5.54 Å². The number of ether oxygens (including phenoxy) is 4. The van der Waals surface area contributed by atoms with Crippen molar-refractivity contribution in [2.45, 2.75) is 94.6 Å². The highest BCUT2D eigenvalue weighted by Crippen LogP contribution is 2.58. The van der Waals surface area contributed by atoms with Crippen molar-refractivity contribution >= 4 is 23.3 Å². The molecule has 3 aromatic rings. The summed E-state index contributed by atoms with van der Waals surface area (Å²) in [5, 5.41) is 13.7. The summed E-state index contributed by atoms with van der Waals surface area (Å²) in [5.74, 6) is 2.95. The Morgan fingerprint density at radius 2 is 1.96 bits per heavy atom. The number of aliphatic hydroxyl groups is 1. The Morgan fingerprint density at radius 1 is 1.12 bits per heavy atom. The number of aryl methyl sites for hydroxylation is 1. The molecule has 9 heteroatoms.